The van der Waals surface area contributed by atoms with E-state index in [2.05, 4.69) is 16.0 Å². The maximum Gasteiger partial charge on any atom is 0.409 e. The molecule has 8 nitrogen and oxygen atoms in total. The van der Waals surface area contributed by atoms with Crippen molar-refractivity contribution in [3.8, 4) is 0 Å². The Labute approximate surface area is 159 Å². The Morgan fingerprint density at radius 2 is 1.89 bits per heavy atom. The van der Waals surface area contributed by atoms with Crippen LogP contribution in [0.5, 0.6) is 0 Å². The van der Waals surface area contributed by atoms with E-state index in [0.717, 1.165) is 5.56 Å². The number of benzene rings is 1. The summed E-state index contributed by atoms with van der Waals surface area (Å²) in [7, 11) is 0. The van der Waals surface area contributed by atoms with Crippen LogP contribution in [0.2, 0.25) is 0 Å². The Morgan fingerprint density at radius 3 is 2.52 bits per heavy atom. The van der Waals surface area contributed by atoms with Gasteiger partial charge in [-0.05, 0) is 51.3 Å². The monoisotopic (exact) mass is 376 g/mol. The molecular formula is C19H28N4O4. The number of piperidine rings is 1. The maximum absolute atomic E-state index is 12.3. The molecule has 3 N–H and O–H groups in total. The van der Waals surface area contributed by atoms with Crippen molar-refractivity contribution >= 4 is 23.7 Å². The van der Waals surface area contributed by atoms with Gasteiger partial charge in [0, 0.05) is 36.9 Å². The second-order valence-electron chi connectivity index (χ2n) is 6.45. The number of aryl methyl sites for hydroxylation is 1. The van der Waals surface area contributed by atoms with Crippen LogP contribution >= 0.6 is 0 Å². The molecule has 148 valence electrons. The van der Waals surface area contributed by atoms with Crippen molar-refractivity contribution in [3.63, 3.8) is 0 Å². The smallest absolute Gasteiger partial charge is 0.409 e. The number of ether oxygens (including phenoxy) is 1. The molecule has 8 heteroatoms. The van der Waals surface area contributed by atoms with Crippen molar-refractivity contribution in [2.45, 2.75) is 39.7 Å². The maximum atomic E-state index is 12.3. The van der Waals surface area contributed by atoms with E-state index in [0.29, 0.717) is 50.3 Å². The second kappa shape index (κ2) is 9.80. The van der Waals surface area contributed by atoms with E-state index in [1.807, 2.05) is 13.8 Å². The molecule has 0 aromatic heterocycles. The van der Waals surface area contributed by atoms with Crippen molar-refractivity contribution in [1.82, 2.24) is 15.5 Å². The number of anilines is 1. The summed E-state index contributed by atoms with van der Waals surface area (Å²) in [6.45, 7) is 7.50. The minimum atomic E-state index is -0.319. The molecule has 1 fully saturated rings. The summed E-state index contributed by atoms with van der Waals surface area (Å²) in [5.41, 5.74) is 1.97. The summed E-state index contributed by atoms with van der Waals surface area (Å²) in [6.07, 6.45) is 1.03. The van der Waals surface area contributed by atoms with Gasteiger partial charge in [-0.2, -0.15) is 0 Å². The molecule has 1 aliphatic heterocycles. The van der Waals surface area contributed by atoms with Crippen LogP contribution in [0, 0.1) is 6.92 Å². The first-order chi connectivity index (χ1) is 12.9. The van der Waals surface area contributed by atoms with Crippen LogP contribution in [0.1, 0.15) is 42.6 Å². The molecule has 1 heterocycles. The molecule has 1 aromatic rings. The third-order valence-electron chi connectivity index (χ3n) is 4.44. The first-order valence-electron chi connectivity index (χ1n) is 9.32. The van der Waals surface area contributed by atoms with Crippen molar-refractivity contribution < 1.29 is 19.1 Å². The molecule has 1 aromatic carbocycles. The van der Waals surface area contributed by atoms with E-state index in [1.165, 1.54) is 0 Å². The number of urea groups is 1. The van der Waals surface area contributed by atoms with Gasteiger partial charge in [-0.15, -0.1) is 0 Å². The van der Waals surface area contributed by atoms with Crippen molar-refractivity contribution in [2.24, 2.45) is 0 Å². The van der Waals surface area contributed by atoms with Gasteiger partial charge >= 0.3 is 12.1 Å². The highest BCUT2D eigenvalue weighted by Crippen LogP contribution is 2.18. The van der Waals surface area contributed by atoms with Crippen LogP contribution < -0.4 is 16.0 Å². The molecule has 0 radical (unpaired) electrons. The second-order valence-corrected chi connectivity index (χ2v) is 6.45. The minimum absolute atomic E-state index is 0.0115. The fraction of sp³-hybridized carbons (Fsp3) is 0.526. The van der Waals surface area contributed by atoms with Crippen LogP contribution in [-0.2, 0) is 4.74 Å². The summed E-state index contributed by atoms with van der Waals surface area (Å²) in [4.78, 5) is 37.7. The van der Waals surface area contributed by atoms with E-state index in [1.54, 1.807) is 30.0 Å². The zero-order chi connectivity index (χ0) is 19.8. The number of rotatable bonds is 5. The standard InChI is InChI=1S/C19H28N4O4/c1-4-20-17(24)14-7-6-13(3)16(12-14)22-18(25)21-15-8-10-23(11-9-15)19(26)27-5-2/h6-7,12,15H,4-5,8-11H2,1-3H3,(H,20,24)(H2,21,22,25). The molecule has 0 unspecified atom stereocenters. The zero-order valence-corrected chi connectivity index (χ0v) is 16.1. The molecule has 27 heavy (non-hydrogen) atoms. The van der Waals surface area contributed by atoms with E-state index in [4.69, 9.17) is 4.74 Å². The molecular weight excluding hydrogens is 348 g/mol. The molecule has 1 saturated heterocycles. The Bertz CT molecular complexity index is 684. The van der Waals surface area contributed by atoms with Crippen molar-refractivity contribution in [1.29, 1.82) is 0 Å². The summed E-state index contributed by atoms with van der Waals surface area (Å²) in [5, 5.41) is 8.48. The number of carbonyl (C=O) groups excluding carboxylic acids is 3. The van der Waals surface area contributed by atoms with Gasteiger partial charge in [0.15, 0.2) is 0 Å². The Morgan fingerprint density at radius 1 is 1.19 bits per heavy atom. The van der Waals surface area contributed by atoms with Crippen LogP contribution in [0.4, 0.5) is 15.3 Å². The van der Waals surface area contributed by atoms with E-state index in [9.17, 15) is 14.4 Å². The highest BCUT2D eigenvalue weighted by atomic mass is 16.6. The lowest BCUT2D eigenvalue weighted by molar-refractivity contribution is 0.0948. The number of hydrogen-bond donors (Lipinski definition) is 3. The first-order valence-corrected chi connectivity index (χ1v) is 9.32. The number of carbonyl (C=O) groups is 3. The number of nitrogens with one attached hydrogen (secondary N) is 3. The van der Waals surface area contributed by atoms with E-state index < -0.39 is 0 Å². The van der Waals surface area contributed by atoms with Gasteiger partial charge in [0.05, 0.1) is 6.61 Å². The quantitative estimate of drug-likeness (QED) is 0.735. The molecule has 0 aliphatic carbocycles. The third-order valence-corrected chi connectivity index (χ3v) is 4.44. The summed E-state index contributed by atoms with van der Waals surface area (Å²) in [6, 6.07) is 4.87. The molecule has 0 atom stereocenters. The highest BCUT2D eigenvalue weighted by molar-refractivity contribution is 5.97. The summed E-state index contributed by atoms with van der Waals surface area (Å²) < 4.78 is 4.99. The zero-order valence-electron chi connectivity index (χ0n) is 16.1. The third kappa shape index (κ3) is 5.87. The lowest BCUT2D eigenvalue weighted by Gasteiger charge is -2.31. The Balaban J connectivity index is 1.88. The average Bonchev–Trinajstić information content (AvgIpc) is 2.64. The fourth-order valence-corrected chi connectivity index (χ4v) is 2.93. The van der Waals surface area contributed by atoms with E-state index in [-0.39, 0.29) is 24.1 Å². The van der Waals surface area contributed by atoms with E-state index >= 15 is 0 Å². The number of amides is 4. The minimum Gasteiger partial charge on any atom is -0.450 e. The van der Waals surface area contributed by atoms with Gasteiger partial charge in [0.1, 0.15) is 0 Å². The fourth-order valence-electron chi connectivity index (χ4n) is 2.93. The Hall–Kier alpha value is -2.77. The molecule has 0 saturated carbocycles. The van der Waals surface area contributed by atoms with Crippen molar-refractivity contribution in [3.05, 3.63) is 29.3 Å². The van der Waals surface area contributed by atoms with Gasteiger partial charge in [-0.1, -0.05) is 6.07 Å². The van der Waals surface area contributed by atoms with Gasteiger partial charge in [0.25, 0.3) is 5.91 Å². The number of likely N-dealkylation sites (tertiary alicyclic amines) is 1. The molecule has 2 rings (SSSR count). The van der Waals surface area contributed by atoms with Gasteiger partial charge in [-0.3, -0.25) is 4.79 Å². The number of nitrogens with zero attached hydrogens (tertiary/aromatic N) is 1. The molecule has 4 amide bonds. The molecule has 0 bridgehead atoms. The topological polar surface area (TPSA) is 99.8 Å². The predicted molar refractivity (Wildman–Crippen MR) is 103 cm³/mol. The number of hydrogen-bond acceptors (Lipinski definition) is 4. The predicted octanol–water partition coefficient (Wildman–Crippen LogP) is 2.49. The molecule has 0 spiro atoms. The first kappa shape index (κ1) is 20.5. The largest absolute Gasteiger partial charge is 0.450 e. The van der Waals surface area contributed by atoms with Crippen LogP contribution in [0.3, 0.4) is 0 Å². The van der Waals surface area contributed by atoms with Gasteiger partial charge in [0.2, 0.25) is 0 Å². The van der Waals surface area contributed by atoms with Crippen LogP contribution in [-0.4, -0.2) is 55.2 Å². The lowest BCUT2D eigenvalue weighted by Crippen LogP contribution is -2.47. The lowest BCUT2D eigenvalue weighted by atomic mass is 10.1. The van der Waals surface area contributed by atoms with Gasteiger partial charge < -0.3 is 25.6 Å². The normalized spacial score (nSPS) is 14.4. The summed E-state index contributed by atoms with van der Waals surface area (Å²) in [5.74, 6) is -0.174. The molecule has 1 aliphatic rings. The Kier molecular flexibility index (Phi) is 7.45. The van der Waals surface area contributed by atoms with Crippen LogP contribution in [0.15, 0.2) is 18.2 Å². The van der Waals surface area contributed by atoms with Gasteiger partial charge in [-0.25, -0.2) is 9.59 Å². The van der Waals surface area contributed by atoms with Crippen LogP contribution in [0.25, 0.3) is 0 Å². The average molecular weight is 376 g/mol. The van der Waals surface area contributed by atoms with Crippen molar-refractivity contribution in [2.75, 3.05) is 31.6 Å². The SMILES string of the molecule is CCNC(=O)c1ccc(C)c(NC(=O)NC2CCN(C(=O)OCC)CC2)c1. The summed E-state index contributed by atoms with van der Waals surface area (Å²) >= 11 is 0. The highest BCUT2D eigenvalue weighted by Gasteiger charge is 2.24.